The number of carbonyl (C=O) groups excluding carboxylic acids is 1. The van der Waals surface area contributed by atoms with Gasteiger partial charge in [0.05, 0.1) is 18.3 Å². The van der Waals surface area contributed by atoms with Crippen LogP contribution in [0.3, 0.4) is 0 Å². The maximum Gasteiger partial charge on any atom is 0.323 e. The molecule has 0 aliphatic carbocycles. The predicted octanol–water partition coefficient (Wildman–Crippen LogP) is 3.76. The van der Waals surface area contributed by atoms with E-state index in [1.54, 1.807) is 11.3 Å². The van der Waals surface area contributed by atoms with Gasteiger partial charge in [-0.25, -0.2) is 9.78 Å². The van der Waals surface area contributed by atoms with Crippen LogP contribution >= 0.6 is 22.7 Å². The zero-order valence-corrected chi connectivity index (χ0v) is 14.2. The third-order valence-electron chi connectivity index (χ3n) is 3.59. The van der Waals surface area contributed by atoms with E-state index in [1.807, 2.05) is 22.6 Å². The van der Waals surface area contributed by atoms with Gasteiger partial charge in [0, 0.05) is 11.9 Å². The van der Waals surface area contributed by atoms with Crippen molar-refractivity contribution in [1.29, 1.82) is 0 Å². The van der Waals surface area contributed by atoms with E-state index in [4.69, 9.17) is 4.74 Å². The largest absolute Gasteiger partial charge is 0.367 e. The molecule has 0 aromatic carbocycles. The number of aromatic nitrogens is 1. The molecule has 5 nitrogen and oxygen atoms in total. The van der Waals surface area contributed by atoms with Crippen LogP contribution in [0, 0.1) is 0 Å². The predicted molar refractivity (Wildman–Crippen MR) is 89.7 cm³/mol. The number of carbonyl (C=O) groups is 1. The first kappa shape index (κ1) is 15.5. The van der Waals surface area contributed by atoms with Gasteiger partial charge < -0.3 is 9.64 Å². The van der Waals surface area contributed by atoms with Crippen LogP contribution in [0.5, 0.6) is 0 Å². The number of morpholine rings is 1. The summed E-state index contributed by atoms with van der Waals surface area (Å²) in [6.45, 7) is 5.21. The summed E-state index contributed by atoms with van der Waals surface area (Å²) in [5, 5.41) is 9.64. The fraction of sp³-hybridized carbons (Fsp3) is 0.467. The molecule has 1 fully saturated rings. The molecule has 2 atom stereocenters. The first-order valence-corrected chi connectivity index (χ1v) is 9.16. The number of thiophene rings is 1. The van der Waals surface area contributed by atoms with E-state index in [2.05, 4.69) is 28.7 Å². The molecule has 1 saturated heterocycles. The van der Waals surface area contributed by atoms with Crippen molar-refractivity contribution in [2.45, 2.75) is 32.5 Å². The van der Waals surface area contributed by atoms with Gasteiger partial charge >= 0.3 is 6.03 Å². The molecule has 7 heteroatoms. The van der Waals surface area contributed by atoms with Crippen LogP contribution < -0.4 is 5.32 Å². The van der Waals surface area contributed by atoms with Crippen LogP contribution in [-0.4, -0.2) is 35.1 Å². The number of ether oxygens (including phenoxy) is 1. The smallest absolute Gasteiger partial charge is 0.323 e. The molecule has 22 heavy (non-hydrogen) atoms. The lowest BCUT2D eigenvalue weighted by molar-refractivity contribution is -0.0640. The van der Waals surface area contributed by atoms with Crippen molar-refractivity contribution in [2.75, 3.05) is 18.4 Å². The number of anilines is 1. The van der Waals surface area contributed by atoms with Gasteiger partial charge in [0.25, 0.3) is 0 Å². The van der Waals surface area contributed by atoms with Crippen molar-refractivity contribution in [3.05, 3.63) is 33.5 Å². The highest BCUT2D eigenvalue weighted by molar-refractivity contribution is 7.13. The fourth-order valence-electron chi connectivity index (χ4n) is 2.46. The molecule has 1 aliphatic rings. The average molecular weight is 337 g/mol. The third-order valence-corrected chi connectivity index (χ3v) is 5.10. The third kappa shape index (κ3) is 3.48. The van der Waals surface area contributed by atoms with Crippen LogP contribution in [0.25, 0.3) is 0 Å². The first-order chi connectivity index (χ1) is 10.7. The lowest BCUT2D eigenvalue weighted by Crippen LogP contribution is -2.47. The summed E-state index contributed by atoms with van der Waals surface area (Å²) < 4.78 is 5.95. The molecule has 118 valence electrons. The Balaban J connectivity index is 1.66. The Morgan fingerprint density at radius 1 is 1.50 bits per heavy atom. The molecule has 0 saturated carbocycles. The average Bonchev–Trinajstić information content (AvgIpc) is 3.18. The second-order valence-corrected chi connectivity index (χ2v) is 6.96. The van der Waals surface area contributed by atoms with Crippen LogP contribution in [0.4, 0.5) is 9.93 Å². The van der Waals surface area contributed by atoms with Crippen molar-refractivity contribution in [1.82, 2.24) is 9.88 Å². The standard InChI is InChI=1S/C15H19N3O2S2/c1-3-12-9-22-14(16-12)17-15(19)18-6-10(2)20-13(7-18)11-4-5-21-8-11/h4-5,8-10,13H,3,6-7H2,1-2H3,(H,16,17,19)/t10-,13-/m0/s1. The van der Waals surface area contributed by atoms with Gasteiger partial charge in [-0.2, -0.15) is 11.3 Å². The van der Waals surface area contributed by atoms with Crippen molar-refractivity contribution in [2.24, 2.45) is 0 Å². The van der Waals surface area contributed by atoms with Crippen molar-refractivity contribution >= 4 is 33.8 Å². The number of aryl methyl sites for hydroxylation is 1. The van der Waals surface area contributed by atoms with E-state index >= 15 is 0 Å². The molecule has 0 bridgehead atoms. The van der Waals surface area contributed by atoms with Crippen molar-refractivity contribution < 1.29 is 9.53 Å². The summed E-state index contributed by atoms with van der Waals surface area (Å²) in [6, 6.07) is 1.95. The summed E-state index contributed by atoms with van der Waals surface area (Å²) >= 11 is 3.11. The van der Waals surface area contributed by atoms with Crippen molar-refractivity contribution in [3.63, 3.8) is 0 Å². The monoisotopic (exact) mass is 337 g/mol. The van der Waals surface area contributed by atoms with E-state index in [9.17, 15) is 4.79 Å². The summed E-state index contributed by atoms with van der Waals surface area (Å²) in [7, 11) is 0. The zero-order valence-electron chi connectivity index (χ0n) is 12.6. The highest BCUT2D eigenvalue weighted by Crippen LogP contribution is 2.27. The Kier molecular flexibility index (Phi) is 4.75. The molecular formula is C15H19N3O2S2. The van der Waals surface area contributed by atoms with Crippen LogP contribution in [0.1, 0.15) is 31.2 Å². The summed E-state index contributed by atoms with van der Waals surface area (Å²) in [5.74, 6) is 0. The number of rotatable bonds is 3. The number of urea groups is 1. The van der Waals surface area contributed by atoms with Gasteiger partial charge in [0.2, 0.25) is 0 Å². The molecule has 1 N–H and O–H groups in total. The number of thiazole rings is 1. The summed E-state index contributed by atoms with van der Waals surface area (Å²) in [6.07, 6.45) is 0.844. The molecule has 0 spiro atoms. The van der Waals surface area contributed by atoms with E-state index in [1.165, 1.54) is 11.3 Å². The van der Waals surface area contributed by atoms with E-state index in [-0.39, 0.29) is 18.2 Å². The SMILES string of the molecule is CCc1csc(NC(=O)N2C[C@@H](c3ccsc3)O[C@@H](C)C2)n1. The van der Waals surface area contributed by atoms with Gasteiger partial charge in [0.1, 0.15) is 6.10 Å². The second-order valence-electron chi connectivity index (χ2n) is 5.32. The molecule has 3 rings (SSSR count). The summed E-state index contributed by atoms with van der Waals surface area (Å²) in [4.78, 5) is 18.6. The number of nitrogens with one attached hydrogen (secondary N) is 1. The zero-order chi connectivity index (χ0) is 15.5. The molecule has 2 amide bonds. The molecular weight excluding hydrogens is 318 g/mol. The van der Waals surface area contributed by atoms with Gasteiger partial charge in [-0.1, -0.05) is 6.92 Å². The molecule has 2 aromatic heterocycles. The number of amides is 2. The van der Waals surface area contributed by atoms with Crippen LogP contribution in [0.2, 0.25) is 0 Å². The quantitative estimate of drug-likeness (QED) is 0.928. The molecule has 1 aliphatic heterocycles. The highest BCUT2D eigenvalue weighted by atomic mass is 32.1. The molecule has 0 radical (unpaired) electrons. The van der Waals surface area contributed by atoms with E-state index < -0.39 is 0 Å². The number of nitrogens with zero attached hydrogens (tertiary/aromatic N) is 2. The van der Waals surface area contributed by atoms with E-state index in [0.717, 1.165) is 17.7 Å². The van der Waals surface area contributed by atoms with Gasteiger partial charge in [0.15, 0.2) is 5.13 Å². The lowest BCUT2D eigenvalue weighted by atomic mass is 10.1. The molecule has 2 aromatic rings. The number of hydrogen-bond donors (Lipinski definition) is 1. The van der Waals surface area contributed by atoms with Crippen molar-refractivity contribution in [3.8, 4) is 0 Å². The Morgan fingerprint density at radius 3 is 3.05 bits per heavy atom. The Labute approximate surface area is 137 Å². The molecule has 3 heterocycles. The number of hydrogen-bond acceptors (Lipinski definition) is 5. The van der Waals surface area contributed by atoms with Crippen LogP contribution in [0.15, 0.2) is 22.2 Å². The fourth-order valence-corrected chi connectivity index (χ4v) is 3.94. The minimum absolute atomic E-state index is 0.0203. The maximum atomic E-state index is 12.5. The van der Waals surface area contributed by atoms with Crippen LogP contribution in [-0.2, 0) is 11.2 Å². The van der Waals surface area contributed by atoms with Gasteiger partial charge in [-0.15, -0.1) is 11.3 Å². The minimum atomic E-state index is -0.104. The lowest BCUT2D eigenvalue weighted by Gasteiger charge is -2.36. The van der Waals surface area contributed by atoms with Gasteiger partial charge in [-0.3, -0.25) is 5.32 Å². The summed E-state index contributed by atoms with van der Waals surface area (Å²) in [5.41, 5.74) is 2.14. The Bertz CT molecular complexity index is 627. The maximum absolute atomic E-state index is 12.5. The molecule has 0 unspecified atom stereocenters. The minimum Gasteiger partial charge on any atom is -0.367 e. The Morgan fingerprint density at radius 2 is 2.36 bits per heavy atom. The highest BCUT2D eigenvalue weighted by Gasteiger charge is 2.29. The second kappa shape index (κ2) is 6.76. The topological polar surface area (TPSA) is 54.5 Å². The normalized spacial score (nSPS) is 21.8. The first-order valence-electron chi connectivity index (χ1n) is 7.33. The Hall–Kier alpha value is -1.44. The van der Waals surface area contributed by atoms with Gasteiger partial charge in [-0.05, 0) is 35.7 Å². The van der Waals surface area contributed by atoms with E-state index in [0.29, 0.717) is 18.2 Å².